The molecule has 1 rings (SSSR count). The molecule has 1 aromatic heterocycles. The van der Waals surface area contributed by atoms with E-state index in [0.717, 1.165) is 45.1 Å². The molecular formula is C16H32N2O4P+. The van der Waals surface area contributed by atoms with Crippen LogP contribution in [0.1, 0.15) is 59.3 Å². The third-order valence-electron chi connectivity index (χ3n) is 3.46. The maximum absolute atomic E-state index is 12.9. The molecule has 0 aliphatic rings. The molecule has 0 bridgehead atoms. The normalized spacial score (nSPS) is 11.8. The van der Waals surface area contributed by atoms with Crippen LogP contribution in [0.4, 0.5) is 0 Å². The molecule has 0 radical (unpaired) electrons. The van der Waals surface area contributed by atoms with E-state index in [2.05, 4.69) is 20.8 Å². The van der Waals surface area contributed by atoms with Gasteiger partial charge in [-0.3, -0.25) is 9.05 Å². The highest BCUT2D eigenvalue weighted by Gasteiger charge is 2.34. The molecule has 1 heterocycles. The third-order valence-corrected chi connectivity index (χ3v) is 4.84. The van der Waals surface area contributed by atoms with Gasteiger partial charge in [0.1, 0.15) is 12.4 Å². The maximum Gasteiger partial charge on any atom is 0.535 e. The van der Waals surface area contributed by atoms with Crippen LogP contribution >= 0.6 is 7.82 Å². The second-order valence-electron chi connectivity index (χ2n) is 5.65. The van der Waals surface area contributed by atoms with E-state index >= 15 is 0 Å². The quantitative estimate of drug-likeness (QED) is 0.304. The lowest BCUT2D eigenvalue weighted by atomic mass is 10.3. The summed E-state index contributed by atoms with van der Waals surface area (Å²) in [7, 11) is -1.73. The van der Waals surface area contributed by atoms with Gasteiger partial charge in [-0.1, -0.05) is 40.0 Å². The van der Waals surface area contributed by atoms with Gasteiger partial charge in [0.05, 0.1) is 26.8 Å². The van der Waals surface area contributed by atoms with E-state index in [0.29, 0.717) is 19.2 Å². The Morgan fingerprint density at radius 3 is 2.13 bits per heavy atom. The fraction of sp³-hybridized carbons (Fsp3) is 0.812. The van der Waals surface area contributed by atoms with Crippen molar-refractivity contribution in [2.45, 2.75) is 65.8 Å². The zero-order chi connectivity index (χ0) is 17.1. The molecule has 7 heteroatoms. The Kier molecular flexibility index (Phi) is 9.53. The molecule has 0 fully saturated rings. The Hall–Kier alpha value is -0.840. The molecule has 0 N–H and O–H groups in total. The zero-order valence-electron chi connectivity index (χ0n) is 15.0. The molecule has 0 saturated heterocycles. The molecule has 23 heavy (non-hydrogen) atoms. The van der Waals surface area contributed by atoms with Gasteiger partial charge in [0, 0.05) is 0 Å². The van der Waals surface area contributed by atoms with Gasteiger partial charge in [-0.25, -0.2) is 4.57 Å². The minimum atomic E-state index is -3.60. The van der Waals surface area contributed by atoms with Crippen molar-refractivity contribution in [1.82, 2.24) is 4.57 Å². The van der Waals surface area contributed by atoms with Crippen LogP contribution in [0.5, 0.6) is 6.01 Å². The Bertz CT molecular complexity index is 476. The molecular weight excluding hydrogens is 315 g/mol. The van der Waals surface area contributed by atoms with Crippen LogP contribution in [-0.4, -0.2) is 17.8 Å². The van der Waals surface area contributed by atoms with Crippen LogP contribution in [-0.2, 0) is 27.2 Å². The lowest BCUT2D eigenvalue weighted by Crippen LogP contribution is -2.29. The van der Waals surface area contributed by atoms with Crippen LogP contribution < -0.4 is 9.09 Å². The number of phosphoric acid groups is 1. The van der Waals surface area contributed by atoms with Gasteiger partial charge in [-0.05, 0) is 19.3 Å². The van der Waals surface area contributed by atoms with Crippen LogP contribution in [0.3, 0.4) is 0 Å². The Balaban J connectivity index is 2.82. The number of nitrogens with zero attached hydrogens (tertiary/aromatic N) is 2. The molecule has 0 unspecified atom stereocenters. The van der Waals surface area contributed by atoms with Crippen molar-refractivity contribution in [2.75, 3.05) is 13.2 Å². The average molecular weight is 347 g/mol. The molecule has 134 valence electrons. The topological polar surface area (TPSA) is 53.6 Å². The van der Waals surface area contributed by atoms with E-state index in [-0.39, 0.29) is 0 Å². The lowest BCUT2D eigenvalue weighted by molar-refractivity contribution is -0.674. The Morgan fingerprint density at radius 1 is 1.04 bits per heavy atom. The number of hydrogen-bond acceptors (Lipinski definition) is 4. The summed E-state index contributed by atoms with van der Waals surface area (Å²) in [6.07, 6.45) is 9.51. The van der Waals surface area contributed by atoms with Gasteiger partial charge in [0.25, 0.3) is 0 Å². The predicted octanol–water partition coefficient (Wildman–Crippen LogP) is 4.23. The number of aryl methyl sites for hydroxylation is 2. The largest absolute Gasteiger partial charge is 0.535 e. The highest BCUT2D eigenvalue weighted by atomic mass is 31.2. The second kappa shape index (κ2) is 10.8. The minimum Gasteiger partial charge on any atom is -0.334 e. The van der Waals surface area contributed by atoms with Crippen molar-refractivity contribution < 1.29 is 22.7 Å². The Morgan fingerprint density at radius 2 is 1.61 bits per heavy atom. The minimum absolute atomic E-state index is 0.374. The maximum atomic E-state index is 12.9. The summed E-state index contributed by atoms with van der Waals surface area (Å²) >= 11 is 0. The van der Waals surface area contributed by atoms with Gasteiger partial charge in [-0.15, -0.1) is 0 Å². The van der Waals surface area contributed by atoms with E-state index in [4.69, 9.17) is 13.6 Å². The van der Waals surface area contributed by atoms with E-state index in [1.54, 1.807) is 4.57 Å². The first kappa shape index (κ1) is 20.2. The van der Waals surface area contributed by atoms with Crippen molar-refractivity contribution in [3.63, 3.8) is 0 Å². The summed E-state index contributed by atoms with van der Waals surface area (Å²) in [5.74, 6) is 0. The Labute approximate surface area is 140 Å². The fourth-order valence-corrected chi connectivity index (χ4v) is 3.28. The lowest BCUT2D eigenvalue weighted by Gasteiger charge is -2.16. The van der Waals surface area contributed by atoms with Gasteiger partial charge in [-0.2, -0.15) is 9.13 Å². The van der Waals surface area contributed by atoms with Gasteiger partial charge >= 0.3 is 13.8 Å². The van der Waals surface area contributed by atoms with Crippen molar-refractivity contribution in [1.29, 1.82) is 0 Å². The van der Waals surface area contributed by atoms with Crippen LogP contribution in [0, 0.1) is 0 Å². The monoisotopic (exact) mass is 347 g/mol. The van der Waals surface area contributed by atoms with E-state index in [9.17, 15) is 4.57 Å². The number of unbranched alkanes of at least 4 members (excludes halogenated alkanes) is 3. The summed E-state index contributed by atoms with van der Waals surface area (Å²) in [5, 5.41) is 0. The second-order valence-corrected chi connectivity index (χ2v) is 7.24. The molecule has 0 saturated carbocycles. The molecule has 0 amide bonds. The smallest absolute Gasteiger partial charge is 0.334 e. The highest BCUT2D eigenvalue weighted by Crippen LogP contribution is 2.49. The van der Waals surface area contributed by atoms with Crippen molar-refractivity contribution in [3.05, 3.63) is 12.4 Å². The van der Waals surface area contributed by atoms with Crippen LogP contribution in [0.25, 0.3) is 0 Å². The molecule has 0 aromatic carbocycles. The number of aromatic nitrogens is 2. The standard InChI is InChI=1S/C16H32N2O4P/c1-5-8-11-18-13-12-17(4)16(18)22-23(19,20-14-9-6-2)21-15-10-7-3/h12-13H,5-11,14-15H2,1-4H3/q+1. The first-order chi connectivity index (χ1) is 11.1. The van der Waals surface area contributed by atoms with Crippen molar-refractivity contribution in [3.8, 4) is 6.01 Å². The van der Waals surface area contributed by atoms with Gasteiger partial charge in [0.15, 0.2) is 0 Å². The van der Waals surface area contributed by atoms with Crippen LogP contribution in [0.2, 0.25) is 0 Å². The predicted molar refractivity (Wildman–Crippen MR) is 90.5 cm³/mol. The molecule has 0 aliphatic carbocycles. The summed E-state index contributed by atoms with van der Waals surface area (Å²) < 4.78 is 33.4. The summed E-state index contributed by atoms with van der Waals surface area (Å²) in [6, 6.07) is 0.509. The molecule has 1 aromatic rings. The zero-order valence-corrected chi connectivity index (χ0v) is 15.9. The van der Waals surface area contributed by atoms with Crippen molar-refractivity contribution >= 4 is 7.82 Å². The number of rotatable bonds is 13. The van der Waals surface area contributed by atoms with Crippen LogP contribution in [0.15, 0.2) is 12.4 Å². The van der Waals surface area contributed by atoms with E-state index in [1.807, 2.05) is 24.0 Å². The molecule has 0 atom stereocenters. The first-order valence-electron chi connectivity index (χ1n) is 8.69. The first-order valence-corrected chi connectivity index (χ1v) is 10.2. The number of hydrogen-bond donors (Lipinski definition) is 0. The molecule has 6 nitrogen and oxygen atoms in total. The summed E-state index contributed by atoms with van der Waals surface area (Å²) in [6.45, 7) is 7.82. The van der Waals surface area contributed by atoms with Gasteiger partial charge < -0.3 is 4.52 Å². The van der Waals surface area contributed by atoms with Gasteiger partial charge in [0.2, 0.25) is 0 Å². The SMILES string of the molecule is CCCCOP(=O)(OCCCC)Oc1n(CCCC)cc[n+]1C. The van der Waals surface area contributed by atoms with E-state index < -0.39 is 7.82 Å². The van der Waals surface area contributed by atoms with Crippen molar-refractivity contribution in [2.24, 2.45) is 7.05 Å². The molecule has 0 aliphatic heterocycles. The van der Waals surface area contributed by atoms with E-state index in [1.165, 1.54) is 0 Å². The third kappa shape index (κ3) is 7.06. The number of imidazole rings is 1. The summed E-state index contributed by atoms with van der Waals surface area (Å²) in [5.41, 5.74) is 0. The summed E-state index contributed by atoms with van der Waals surface area (Å²) in [4.78, 5) is 0. The molecule has 0 spiro atoms. The number of phosphoric ester groups is 1. The fourth-order valence-electron chi connectivity index (χ4n) is 1.96. The highest BCUT2D eigenvalue weighted by molar-refractivity contribution is 7.48. The average Bonchev–Trinajstić information content (AvgIpc) is 2.86.